The molecule has 1 saturated heterocycles. The molecule has 1 aliphatic carbocycles. The van der Waals surface area contributed by atoms with Crippen LogP contribution in [0.5, 0.6) is 0 Å². The monoisotopic (exact) mass is 287 g/mol. The van der Waals surface area contributed by atoms with E-state index in [-0.39, 0.29) is 5.54 Å². The number of nitrogens with zero attached hydrogens (tertiary/aromatic N) is 2. The summed E-state index contributed by atoms with van der Waals surface area (Å²) >= 11 is 0. The lowest BCUT2D eigenvalue weighted by molar-refractivity contribution is -0.118. The van der Waals surface area contributed by atoms with Gasteiger partial charge in [-0.05, 0) is 24.5 Å². The highest BCUT2D eigenvalue weighted by Crippen LogP contribution is 2.39. The van der Waals surface area contributed by atoms with E-state index < -0.39 is 0 Å². The molecule has 4 heteroatoms. The highest BCUT2D eigenvalue weighted by Gasteiger charge is 2.32. The van der Waals surface area contributed by atoms with Crippen molar-refractivity contribution in [2.45, 2.75) is 37.6 Å². The van der Waals surface area contributed by atoms with E-state index in [1.165, 1.54) is 30.5 Å². The van der Waals surface area contributed by atoms with E-state index in [0.29, 0.717) is 0 Å². The van der Waals surface area contributed by atoms with Crippen LogP contribution >= 0.6 is 0 Å². The van der Waals surface area contributed by atoms with Crippen LogP contribution in [0.25, 0.3) is 0 Å². The van der Waals surface area contributed by atoms with E-state index in [2.05, 4.69) is 29.2 Å². The second-order valence-electron chi connectivity index (χ2n) is 6.36. The van der Waals surface area contributed by atoms with E-state index >= 15 is 0 Å². The molecule has 2 aliphatic rings. The van der Waals surface area contributed by atoms with Gasteiger partial charge in [0, 0.05) is 37.4 Å². The summed E-state index contributed by atoms with van der Waals surface area (Å²) in [5, 5.41) is 0. The number of piperazine rings is 1. The Balaban J connectivity index is 1.84. The average Bonchev–Trinajstić information content (AvgIpc) is 2.56. The Morgan fingerprint density at radius 2 is 1.67 bits per heavy atom. The van der Waals surface area contributed by atoms with Crippen molar-refractivity contribution in [1.29, 1.82) is 0 Å². The van der Waals surface area contributed by atoms with E-state index in [1.807, 2.05) is 4.90 Å². The van der Waals surface area contributed by atoms with Crippen LogP contribution in [0.2, 0.25) is 0 Å². The topological polar surface area (TPSA) is 49.6 Å². The Labute approximate surface area is 126 Å². The molecule has 1 saturated carbocycles. The molecule has 1 aliphatic heterocycles. The minimum atomic E-state index is -0.170. The van der Waals surface area contributed by atoms with Crippen LogP contribution in [0.15, 0.2) is 24.3 Å². The Kier molecular flexibility index (Phi) is 4.15. The number of benzene rings is 1. The van der Waals surface area contributed by atoms with Crippen LogP contribution in [0.1, 0.15) is 37.7 Å². The maximum Gasteiger partial charge on any atom is 0.209 e. The molecule has 0 spiro atoms. The lowest BCUT2D eigenvalue weighted by Gasteiger charge is -2.40. The van der Waals surface area contributed by atoms with Crippen molar-refractivity contribution in [3.8, 4) is 0 Å². The van der Waals surface area contributed by atoms with Gasteiger partial charge in [0.25, 0.3) is 0 Å². The largest absolute Gasteiger partial charge is 0.368 e. The van der Waals surface area contributed by atoms with Gasteiger partial charge in [0.2, 0.25) is 6.41 Å². The van der Waals surface area contributed by atoms with Crippen molar-refractivity contribution in [2.24, 2.45) is 5.73 Å². The summed E-state index contributed by atoms with van der Waals surface area (Å²) in [5.41, 5.74) is 9.14. The maximum atomic E-state index is 10.9. The quantitative estimate of drug-likeness (QED) is 0.866. The average molecular weight is 287 g/mol. The summed E-state index contributed by atoms with van der Waals surface area (Å²) < 4.78 is 0. The van der Waals surface area contributed by atoms with Crippen molar-refractivity contribution in [3.63, 3.8) is 0 Å². The van der Waals surface area contributed by atoms with E-state index in [9.17, 15) is 4.79 Å². The van der Waals surface area contributed by atoms with E-state index in [4.69, 9.17) is 5.73 Å². The molecule has 1 heterocycles. The third kappa shape index (κ3) is 2.91. The molecule has 0 bridgehead atoms. The molecule has 3 rings (SSSR count). The van der Waals surface area contributed by atoms with Crippen LogP contribution in [-0.2, 0) is 10.3 Å². The Morgan fingerprint density at radius 1 is 1.00 bits per heavy atom. The molecule has 2 N–H and O–H groups in total. The summed E-state index contributed by atoms with van der Waals surface area (Å²) in [6, 6.07) is 8.59. The number of anilines is 1. The number of carbonyl (C=O) groups excluding carboxylic acids is 1. The summed E-state index contributed by atoms with van der Waals surface area (Å²) in [6.45, 7) is 3.39. The van der Waals surface area contributed by atoms with Gasteiger partial charge in [-0.1, -0.05) is 37.5 Å². The molecule has 2 fully saturated rings. The van der Waals surface area contributed by atoms with E-state index in [1.54, 1.807) is 0 Å². The summed E-state index contributed by atoms with van der Waals surface area (Å²) in [5.74, 6) is 0. The fourth-order valence-corrected chi connectivity index (χ4v) is 3.69. The first-order valence-electron chi connectivity index (χ1n) is 8.06. The predicted octanol–water partition coefficient (Wildman–Crippen LogP) is 2.08. The zero-order valence-electron chi connectivity index (χ0n) is 12.6. The summed E-state index contributed by atoms with van der Waals surface area (Å²) in [4.78, 5) is 15.1. The second-order valence-corrected chi connectivity index (χ2v) is 6.36. The molecule has 0 aromatic heterocycles. The number of amides is 1. The van der Waals surface area contributed by atoms with Gasteiger partial charge in [-0.2, -0.15) is 0 Å². The molecular formula is C17H25N3O. The lowest BCUT2D eigenvalue weighted by atomic mass is 9.76. The number of hydrogen-bond acceptors (Lipinski definition) is 3. The zero-order valence-corrected chi connectivity index (χ0v) is 12.6. The van der Waals surface area contributed by atoms with Gasteiger partial charge in [0.05, 0.1) is 0 Å². The minimum absolute atomic E-state index is 0.170. The van der Waals surface area contributed by atoms with Gasteiger partial charge in [-0.15, -0.1) is 0 Å². The highest BCUT2D eigenvalue weighted by atomic mass is 16.1. The van der Waals surface area contributed by atoms with Crippen LogP contribution in [0.4, 0.5) is 5.69 Å². The summed E-state index contributed by atoms with van der Waals surface area (Å²) in [7, 11) is 0. The Morgan fingerprint density at radius 3 is 2.33 bits per heavy atom. The van der Waals surface area contributed by atoms with Gasteiger partial charge < -0.3 is 15.5 Å². The van der Waals surface area contributed by atoms with Gasteiger partial charge >= 0.3 is 0 Å². The molecule has 114 valence electrons. The van der Waals surface area contributed by atoms with Crippen molar-refractivity contribution in [2.75, 3.05) is 31.1 Å². The molecule has 1 aromatic rings. The maximum absolute atomic E-state index is 10.9. The first-order valence-corrected chi connectivity index (χ1v) is 8.06. The standard InChI is InChI=1S/C17H25N3O/c18-17(8-4-1-5-9-17)15-6-2-3-7-16(15)20-12-10-19(14-21)11-13-20/h2-3,6-7,14H,1,4-5,8-13,18H2. The van der Waals surface area contributed by atoms with Crippen LogP contribution < -0.4 is 10.6 Å². The van der Waals surface area contributed by atoms with Crippen molar-refractivity contribution in [3.05, 3.63) is 29.8 Å². The number of para-hydroxylation sites is 1. The van der Waals surface area contributed by atoms with Gasteiger partial charge in [0.15, 0.2) is 0 Å². The number of hydrogen-bond donors (Lipinski definition) is 1. The van der Waals surface area contributed by atoms with Crippen LogP contribution in [0.3, 0.4) is 0 Å². The number of carbonyl (C=O) groups is 1. The summed E-state index contributed by atoms with van der Waals surface area (Å²) in [6.07, 6.45) is 6.87. The van der Waals surface area contributed by atoms with E-state index in [0.717, 1.165) is 45.4 Å². The van der Waals surface area contributed by atoms with Gasteiger partial charge in [0.1, 0.15) is 0 Å². The van der Waals surface area contributed by atoms with Crippen LogP contribution in [0, 0.1) is 0 Å². The van der Waals surface area contributed by atoms with Crippen molar-refractivity contribution < 1.29 is 4.79 Å². The SMILES string of the molecule is NC1(c2ccccc2N2CCN(C=O)CC2)CCCCC1. The number of rotatable bonds is 3. The Bertz CT molecular complexity index is 489. The molecule has 0 unspecified atom stereocenters. The fourth-order valence-electron chi connectivity index (χ4n) is 3.69. The smallest absolute Gasteiger partial charge is 0.209 e. The van der Waals surface area contributed by atoms with Crippen LogP contribution in [-0.4, -0.2) is 37.5 Å². The molecule has 0 radical (unpaired) electrons. The fraction of sp³-hybridized carbons (Fsp3) is 0.588. The first-order chi connectivity index (χ1) is 10.2. The molecule has 0 atom stereocenters. The molecule has 1 aromatic carbocycles. The lowest BCUT2D eigenvalue weighted by Crippen LogP contribution is -2.47. The first kappa shape index (κ1) is 14.4. The molecule has 21 heavy (non-hydrogen) atoms. The van der Waals surface area contributed by atoms with Gasteiger partial charge in [-0.3, -0.25) is 4.79 Å². The molecule has 4 nitrogen and oxygen atoms in total. The van der Waals surface area contributed by atoms with Gasteiger partial charge in [-0.25, -0.2) is 0 Å². The molecule has 1 amide bonds. The minimum Gasteiger partial charge on any atom is -0.368 e. The molecular weight excluding hydrogens is 262 g/mol. The third-order valence-electron chi connectivity index (χ3n) is 4.99. The Hall–Kier alpha value is -1.55. The van der Waals surface area contributed by atoms with Crippen molar-refractivity contribution in [1.82, 2.24) is 4.90 Å². The van der Waals surface area contributed by atoms with Crippen molar-refractivity contribution >= 4 is 12.1 Å². The predicted molar refractivity (Wildman–Crippen MR) is 85.2 cm³/mol. The highest BCUT2D eigenvalue weighted by molar-refractivity contribution is 5.58. The zero-order chi connectivity index (χ0) is 14.7. The number of nitrogens with two attached hydrogens (primary N) is 1. The third-order valence-corrected chi connectivity index (χ3v) is 4.99. The second kappa shape index (κ2) is 6.06. The normalized spacial score (nSPS) is 22.1.